The molecule has 1 amide bonds. The molecule has 6 nitrogen and oxygen atoms in total. The van der Waals surface area contributed by atoms with Crippen LogP contribution in [-0.4, -0.2) is 19.3 Å². The second-order valence-corrected chi connectivity index (χ2v) is 7.99. The van der Waals surface area contributed by atoms with Crippen molar-refractivity contribution in [2.75, 3.05) is 10.0 Å². The summed E-state index contributed by atoms with van der Waals surface area (Å²) in [5.41, 5.74) is 0.816. The molecular weight excluding hydrogens is 377 g/mol. The Kier molecular flexibility index (Phi) is 5.01. The maximum atomic E-state index is 12.9. The Balaban J connectivity index is 1.78. The van der Waals surface area contributed by atoms with Gasteiger partial charge in [-0.1, -0.05) is 29.5 Å². The van der Waals surface area contributed by atoms with E-state index in [4.69, 9.17) is 0 Å². The van der Waals surface area contributed by atoms with E-state index in [1.807, 2.05) is 0 Å². The minimum absolute atomic E-state index is 0.0932. The van der Waals surface area contributed by atoms with Crippen molar-refractivity contribution < 1.29 is 17.6 Å². The Morgan fingerprint density at radius 3 is 2.38 bits per heavy atom. The number of hydrogen-bond acceptors (Lipinski definition) is 5. The molecule has 0 unspecified atom stereocenters. The normalized spacial score (nSPS) is 11.2. The van der Waals surface area contributed by atoms with Crippen molar-refractivity contribution in [2.24, 2.45) is 0 Å². The summed E-state index contributed by atoms with van der Waals surface area (Å²) < 4.78 is 40.0. The van der Waals surface area contributed by atoms with Crippen LogP contribution in [0, 0.1) is 12.7 Å². The van der Waals surface area contributed by atoms with Crippen molar-refractivity contribution in [1.82, 2.24) is 4.98 Å². The molecule has 2 N–H and O–H groups in total. The highest BCUT2D eigenvalue weighted by atomic mass is 32.2. The van der Waals surface area contributed by atoms with Crippen molar-refractivity contribution in [1.29, 1.82) is 0 Å². The summed E-state index contributed by atoms with van der Waals surface area (Å²) in [7, 11) is -3.78. The van der Waals surface area contributed by atoms with E-state index < -0.39 is 21.7 Å². The molecule has 0 radical (unpaired) electrons. The van der Waals surface area contributed by atoms with Crippen molar-refractivity contribution in [2.45, 2.75) is 11.8 Å². The number of aryl methyl sites for hydroxylation is 1. The predicted molar refractivity (Wildman–Crippen MR) is 98.5 cm³/mol. The van der Waals surface area contributed by atoms with Crippen LogP contribution in [-0.2, 0) is 10.0 Å². The molecule has 3 rings (SSSR count). The number of nitrogens with one attached hydrogen (secondary N) is 2. The first kappa shape index (κ1) is 18.0. The number of aromatic nitrogens is 1. The summed E-state index contributed by atoms with van der Waals surface area (Å²) in [6, 6.07) is 13.2. The third-order valence-corrected chi connectivity index (χ3v) is 5.94. The number of hydrogen-bond donors (Lipinski definition) is 2. The smallest absolute Gasteiger partial charge is 0.267 e. The Morgan fingerprint density at radius 1 is 1.08 bits per heavy atom. The van der Waals surface area contributed by atoms with Gasteiger partial charge in [-0.25, -0.2) is 17.8 Å². The van der Waals surface area contributed by atoms with E-state index in [2.05, 4.69) is 15.0 Å². The molecule has 0 fully saturated rings. The number of carbonyl (C=O) groups excluding carboxylic acids is 1. The second kappa shape index (κ2) is 7.22. The number of sulfonamides is 1. The molecule has 0 aliphatic carbocycles. The van der Waals surface area contributed by atoms with E-state index in [0.717, 1.165) is 11.3 Å². The van der Waals surface area contributed by atoms with Gasteiger partial charge in [0.05, 0.1) is 10.6 Å². The van der Waals surface area contributed by atoms with Gasteiger partial charge in [0.25, 0.3) is 15.9 Å². The Bertz CT molecular complexity index is 1030. The molecule has 1 aromatic heterocycles. The van der Waals surface area contributed by atoms with Gasteiger partial charge in [-0.05, 0) is 43.3 Å². The number of carbonyl (C=O) groups is 1. The summed E-state index contributed by atoms with van der Waals surface area (Å²) in [5.74, 6) is -0.855. The van der Waals surface area contributed by atoms with Gasteiger partial charge in [0.2, 0.25) is 0 Å². The highest BCUT2D eigenvalue weighted by Gasteiger charge is 2.20. The topological polar surface area (TPSA) is 88.2 Å². The zero-order chi connectivity index (χ0) is 18.7. The van der Waals surface area contributed by atoms with Crippen molar-refractivity contribution >= 4 is 38.1 Å². The maximum Gasteiger partial charge on any atom is 0.267 e. The van der Waals surface area contributed by atoms with E-state index in [1.165, 1.54) is 36.4 Å². The highest BCUT2D eigenvalue weighted by Crippen LogP contribution is 2.26. The number of halogens is 1. The van der Waals surface area contributed by atoms with Crippen LogP contribution in [0.1, 0.15) is 15.4 Å². The first-order chi connectivity index (χ1) is 12.3. The molecule has 9 heteroatoms. The van der Waals surface area contributed by atoms with Crippen LogP contribution >= 0.6 is 11.3 Å². The second-order valence-electron chi connectivity index (χ2n) is 5.31. The molecule has 0 bridgehead atoms. The number of thiazole rings is 1. The van der Waals surface area contributed by atoms with Gasteiger partial charge in [0.15, 0.2) is 5.13 Å². The molecule has 26 heavy (non-hydrogen) atoms. The Labute approximate surface area is 153 Å². The lowest BCUT2D eigenvalue weighted by atomic mass is 10.3. The van der Waals surface area contributed by atoms with Crippen molar-refractivity contribution in [3.05, 3.63) is 71.0 Å². The van der Waals surface area contributed by atoms with Gasteiger partial charge in [0.1, 0.15) is 10.7 Å². The standard InChI is InChI=1S/C17H14FN3O3S2/c1-11-15(16(22)20-13-9-7-12(18)8-10-13)25-17(19-11)21-26(23,24)14-5-3-2-4-6-14/h2-10H,1H3,(H,19,21)(H,20,22). The van der Waals surface area contributed by atoms with E-state index in [0.29, 0.717) is 11.4 Å². The van der Waals surface area contributed by atoms with Gasteiger partial charge >= 0.3 is 0 Å². The number of benzene rings is 2. The molecule has 0 saturated carbocycles. The zero-order valence-corrected chi connectivity index (χ0v) is 15.2. The Morgan fingerprint density at radius 2 is 1.73 bits per heavy atom. The minimum atomic E-state index is -3.78. The quantitative estimate of drug-likeness (QED) is 0.695. The van der Waals surface area contributed by atoms with Gasteiger partial charge in [-0.15, -0.1) is 0 Å². The lowest BCUT2D eigenvalue weighted by molar-refractivity contribution is 0.103. The van der Waals surface area contributed by atoms with Crippen LogP contribution in [0.25, 0.3) is 0 Å². The average Bonchev–Trinajstić information content (AvgIpc) is 2.97. The fourth-order valence-corrected chi connectivity index (χ4v) is 4.26. The van der Waals surface area contributed by atoms with Gasteiger partial charge in [-0.3, -0.25) is 9.52 Å². The number of anilines is 2. The Hall–Kier alpha value is -2.78. The predicted octanol–water partition coefficient (Wildman–Crippen LogP) is 3.64. The van der Waals surface area contributed by atoms with Crippen LogP contribution < -0.4 is 10.0 Å². The third-order valence-electron chi connectivity index (χ3n) is 3.38. The van der Waals surface area contributed by atoms with Crippen LogP contribution in [0.4, 0.5) is 15.2 Å². The van der Waals surface area contributed by atoms with E-state index in [1.54, 1.807) is 25.1 Å². The van der Waals surface area contributed by atoms with Gasteiger partial charge < -0.3 is 5.32 Å². The molecule has 0 atom stereocenters. The average molecular weight is 391 g/mol. The molecule has 2 aromatic carbocycles. The minimum Gasteiger partial charge on any atom is -0.321 e. The molecule has 134 valence electrons. The summed E-state index contributed by atoms with van der Waals surface area (Å²) in [4.78, 5) is 16.8. The van der Waals surface area contributed by atoms with Crippen molar-refractivity contribution in [3.63, 3.8) is 0 Å². The molecular formula is C17H14FN3O3S2. The fourth-order valence-electron chi connectivity index (χ4n) is 2.15. The molecule has 0 aliphatic heterocycles. The molecule has 0 saturated heterocycles. The highest BCUT2D eigenvalue weighted by molar-refractivity contribution is 7.93. The van der Waals surface area contributed by atoms with Gasteiger partial charge in [0, 0.05) is 5.69 Å². The number of rotatable bonds is 5. The maximum absolute atomic E-state index is 12.9. The largest absolute Gasteiger partial charge is 0.321 e. The van der Waals surface area contributed by atoms with Gasteiger partial charge in [-0.2, -0.15) is 0 Å². The first-order valence-corrected chi connectivity index (χ1v) is 9.77. The van der Waals surface area contributed by atoms with E-state index >= 15 is 0 Å². The number of amides is 1. The summed E-state index contributed by atoms with van der Waals surface area (Å²) >= 11 is 0.924. The fraction of sp³-hybridized carbons (Fsp3) is 0.0588. The molecule has 1 heterocycles. The van der Waals surface area contributed by atoms with Crippen LogP contribution in [0.15, 0.2) is 59.5 Å². The third kappa shape index (κ3) is 4.06. The van der Waals surface area contributed by atoms with E-state index in [-0.39, 0.29) is 14.9 Å². The number of nitrogens with zero attached hydrogens (tertiary/aromatic N) is 1. The lowest BCUT2D eigenvalue weighted by Gasteiger charge is -2.04. The first-order valence-electron chi connectivity index (χ1n) is 7.47. The summed E-state index contributed by atoms with van der Waals surface area (Å²) in [6.45, 7) is 1.61. The molecule has 3 aromatic rings. The zero-order valence-electron chi connectivity index (χ0n) is 13.6. The van der Waals surface area contributed by atoms with Crippen molar-refractivity contribution in [3.8, 4) is 0 Å². The lowest BCUT2D eigenvalue weighted by Crippen LogP contribution is -2.12. The van der Waals surface area contributed by atoms with Crippen LogP contribution in [0.5, 0.6) is 0 Å². The van der Waals surface area contributed by atoms with Crippen LogP contribution in [0.3, 0.4) is 0 Å². The SMILES string of the molecule is Cc1nc(NS(=O)(=O)c2ccccc2)sc1C(=O)Nc1ccc(F)cc1. The molecule has 0 spiro atoms. The van der Waals surface area contributed by atoms with Crippen LogP contribution in [0.2, 0.25) is 0 Å². The summed E-state index contributed by atoms with van der Waals surface area (Å²) in [5, 5.41) is 2.71. The molecule has 0 aliphatic rings. The van der Waals surface area contributed by atoms with E-state index in [9.17, 15) is 17.6 Å². The monoisotopic (exact) mass is 391 g/mol. The summed E-state index contributed by atoms with van der Waals surface area (Å²) in [6.07, 6.45) is 0.